The Kier molecular flexibility index (Phi) is 6.95. The quantitative estimate of drug-likeness (QED) is 0.209. The third-order valence-electron chi connectivity index (χ3n) is 4.84. The first-order valence-corrected chi connectivity index (χ1v) is 9.89. The summed E-state index contributed by atoms with van der Waals surface area (Å²) in [7, 11) is 0. The molecular formula is C21H32FN5O3. The number of nitrogens with one attached hydrogen (secondary N) is 1. The molecule has 0 heterocycles. The standard InChI is InChI=1S/C21H32FN5O3/c1-15-9-7-8-10-16(15)21(11-12-21)17(23)26-30-20(5,22)27(24-6)14-13-25-18(28)29-19(2,3)4/h7-10H,6,11-14H2,1-5H3,(H2,23,26)(H,25,28). The molecule has 0 aliphatic heterocycles. The lowest BCUT2D eigenvalue weighted by Crippen LogP contribution is -2.45. The van der Waals surface area contributed by atoms with Gasteiger partial charge in [-0.3, -0.25) is 0 Å². The van der Waals surface area contributed by atoms with Crippen LogP contribution in [-0.4, -0.2) is 48.3 Å². The number of oxime groups is 1. The van der Waals surface area contributed by atoms with Crippen molar-refractivity contribution in [1.29, 1.82) is 0 Å². The lowest BCUT2D eigenvalue weighted by atomic mass is 9.91. The number of halogens is 1. The molecule has 2 rings (SSSR count). The SMILES string of the molecule is C=NN(CCNC(=O)OC(C)(C)C)C(C)(F)O/N=C(\N)C1(c2ccccc2C)CC1. The minimum Gasteiger partial charge on any atom is -0.444 e. The summed E-state index contributed by atoms with van der Waals surface area (Å²) < 4.78 is 20.2. The summed E-state index contributed by atoms with van der Waals surface area (Å²) in [4.78, 5) is 16.8. The number of carbonyl (C=O) groups excluding carboxylic acids is 1. The second-order valence-corrected chi connectivity index (χ2v) is 8.53. The summed E-state index contributed by atoms with van der Waals surface area (Å²) in [5.41, 5.74) is 7.29. The number of hydrogen-bond acceptors (Lipinski definition) is 6. The van der Waals surface area contributed by atoms with Crippen LogP contribution in [0.4, 0.5) is 9.18 Å². The Bertz CT molecular complexity index is 800. The van der Waals surface area contributed by atoms with Gasteiger partial charge >= 0.3 is 12.1 Å². The first-order valence-electron chi connectivity index (χ1n) is 9.89. The van der Waals surface area contributed by atoms with Gasteiger partial charge in [-0.1, -0.05) is 29.4 Å². The van der Waals surface area contributed by atoms with Gasteiger partial charge in [0, 0.05) is 20.2 Å². The highest BCUT2D eigenvalue weighted by atomic mass is 19.2. The Morgan fingerprint density at radius 3 is 2.50 bits per heavy atom. The van der Waals surface area contributed by atoms with Gasteiger partial charge in [0.05, 0.1) is 12.0 Å². The van der Waals surface area contributed by atoms with E-state index < -0.39 is 23.1 Å². The first kappa shape index (κ1) is 23.4. The van der Waals surface area contributed by atoms with Crippen LogP contribution in [0.2, 0.25) is 0 Å². The molecule has 1 atom stereocenters. The molecule has 0 spiro atoms. The molecule has 1 aliphatic rings. The van der Waals surface area contributed by atoms with Gasteiger partial charge in [-0.2, -0.15) is 9.49 Å². The Morgan fingerprint density at radius 2 is 1.97 bits per heavy atom. The zero-order valence-corrected chi connectivity index (χ0v) is 18.4. The zero-order valence-electron chi connectivity index (χ0n) is 18.4. The predicted octanol–water partition coefficient (Wildman–Crippen LogP) is 3.40. The maximum absolute atomic E-state index is 15.1. The number of nitrogens with two attached hydrogens (primary N) is 1. The minimum atomic E-state index is -2.40. The van der Waals surface area contributed by atoms with E-state index in [4.69, 9.17) is 15.3 Å². The van der Waals surface area contributed by atoms with Crippen molar-refractivity contribution in [3.05, 3.63) is 35.4 Å². The highest BCUT2D eigenvalue weighted by Crippen LogP contribution is 2.49. The largest absolute Gasteiger partial charge is 0.444 e. The third kappa shape index (κ3) is 5.84. The Labute approximate surface area is 177 Å². The lowest BCUT2D eigenvalue weighted by Gasteiger charge is -2.30. The number of nitrogens with zero attached hydrogens (tertiary/aromatic N) is 3. The second kappa shape index (κ2) is 8.89. The molecule has 1 aliphatic carbocycles. The molecular weight excluding hydrogens is 389 g/mol. The molecule has 30 heavy (non-hydrogen) atoms. The number of rotatable bonds is 9. The normalized spacial score (nSPS) is 17.5. The van der Waals surface area contributed by atoms with E-state index in [1.54, 1.807) is 20.8 Å². The monoisotopic (exact) mass is 421 g/mol. The van der Waals surface area contributed by atoms with Gasteiger partial charge in [-0.15, -0.1) is 0 Å². The molecule has 1 aromatic carbocycles. The van der Waals surface area contributed by atoms with Gasteiger partial charge in [0.1, 0.15) is 11.4 Å². The zero-order chi connectivity index (χ0) is 22.6. The highest BCUT2D eigenvalue weighted by molar-refractivity contribution is 5.94. The average molecular weight is 422 g/mol. The summed E-state index contributed by atoms with van der Waals surface area (Å²) in [5.74, 6) is -2.18. The molecule has 1 fully saturated rings. The Balaban J connectivity index is 1.97. The van der Waals surface area contributed by atoms with Crippen molar-refractivity contribution in [3.8, 4) is 0 Å². The van der Waals surface area contributed by atoms with Crippen molar-refractivity contribution in [2.75, 3.05) is 13.1 Å². The average Bonchev–Trinajstić information content (AvgIpc) is 3.44. The molecule has 166 valence electrons. The Morgan fingerprint density at radius 1 is 1.33 bits per heavy atom. The minimum absolute atomic E-state index is 0.00585. The summed E-state index contributed by atoms with van der Waals surface area (Å²) in [6.45, 7) is 11.8. The van der Waals surface area contributed by atoms with E-state index in [1.807, 2.05) is 31.2 Å². The van der Waals surface area contributed by atoms with Crippen molar-refractivity contribution in [3.63, 3.8) is 0 Å². The third-order valence-corrected chi connectivity index (χ3v) is 4.84. The lowest BCUT2D eigenvalue weighted by molar-refractivity contribution is -0.232. The van der Waals surface area contributed by atoms with E-state index in [-0.39, 0.29) is 18.9 Å². The van der Waals surface area contributed by atoms with Crippen LogP contribution in [0, 0.1) is 6.92 Å². The van der Waals surface area contributed by atoms with Crippen LogP contribution in [-0.2, 0) is 15.0 Å². The fourth-order valence-electron chi connectivity index (χ4n) is 3.14. The molecule has 1 saturated carbocycles. The van der Waals surface area contributed by atoms with E-state index in [0.29, 0.717) is 0 Å². The van der Waals surface area contributed by atoms with Crippen molar-refractivity contribution in [2.45, 2.75) is 64.5 Å². The number of benzene rings is 1. The van der Waals surface area contributed by atoms with Crippen LogP contribution >= 0.6 is 0 Å². The van der Waals surface area contributed by atoms with Gasteiger partial charge in [0.2, 0.25) is 0 Å². The number of amidine groups is 1. The predicted molar refractivity (Wildman–Crippen MR) is 115 cm³/mol. The summed E-state index contributed by atoms with van der Waals surface area (Å²) in [5, 5.41) is 11.0. The van der Waals surface area contributed by atoms with Crippen LogP contribution in [0.1, 0.15) is 51.7 Å². The molecule has 3 N–H and O–H groups in total. The van der Waals surface area contributed by atoms with Crippen molar-refractivity contribution < 1.29 is 18.8 Å². The molecule has 0 aromatic heterocycles. The summed E-state index contributed by atoms with van der Waals surface area (Å²) in [6, 6.07) is 7.90. The first-order chi connectivity index (χ1) is 13.9. The molecule has 1 unspecified atom stereocenters. The molecule has 8 nitrogen and oxygen atoms in total. The fourth-order valence-corrected chi connectivity index (χ4v) is 3.14. The van der Waals surface area contributed by atoms with Gasteiger partial charge in [-0.05, 0) is 51.7 Å². The van der Waals surface area contributed by atoms with E-state index in [0.717, 1.165) is 35.9 Å². The molecule has 1 amide bonds. The maximum atomic E-state index is 15.1. The fraction of sp³-hybridized carbons (Fsp3) is 0.571. The number of carbonyl (C=O) groups is 1. The van der Waals surface area contributed by atoms with Crippen molar-refractivity contribution >= 4 is 18.6 Å². The highest BCUT2D eigenvalue weighted by Gasteiger charge is 2.50. The van der Waals surface area contributed by atoms with E-state index in [9.17, 15) is 4.79 Å². The van der Waals surface area contributed by atoms with Crippen LogP contribution < -0.4 is 11.1 Å². The van der Waals surface area contributed by atoms with Gasteiger partial charge in [-0.25, -0.2) is 9.80 Å². The van der Waals surface area contributed by atoms with E-state index in [2.05, 4.69) is 22.3 Å². The van der Waals surface area contributed by atoms with Crippen molar-refractivity contribution in [1.82, 2.24) is 10.3 Å². The number of hydrogen-bond donors (Lipinski definition) is 2. The molecule has 0 saturated heterocycles. The van der Waals surface area contributed by atoms with Crippen LogP contribution in [0.5, 0.6) is 0 Å². The summed E-state index contributed by atoms with van der Waals surface area (Å²) >= 11 is 0. The topological polar surface area (TPSA) is 102 Å². The number of alkyl carbamates (subject to hydrolysis) is 1. The smallest absolute Gasteiger partial charge is 0.407 e. The number of amides is 1. The van der Waals surface area contributed by atoms with Crippen LogP contribution in [0.25, 0.3) is 0 Å². The molecule has 1 aromatic rings. The van der Waals surface area contributed by atoms with Crippen LogP contribution in [0.3, 0.4) is 0 Å². The molecule has 0 bridgehead atoms. The molecule has 0 radical (unpaired) electrons. The van der Waals surface area contributed by atoms with Crippen molar-refractivity contribution in [2.24, 2.45) is 16.0 Å². The van der Waals surface area contributed by atoms with E-state index >= 15 is 4.39 Å². The van der Waals surface area contributed by atoms with Gasteiger partial charge in [0.25, 0.3) is 0 Å². The van der Waals surface area contributed by atoms with Gasteiger partial charge < -0.3 is 20.6 Å². The number of ether oxygens (including phenoxy) is 1. The van der Waals surface area contributed by atoms with Gasteiger partial charge in [0.15, 0.2) is 0 Å². The second-order valence-electron chi connectivity index (χ2n) is 8.53. The Hall–Kier alpha value is -2.84. The molecule has 9 heteroatoms. The number of aryl methyl sites for hydroxylation is 1. The van der Waals surface area contributed by atoms with E-state index in [1.165, 1.54) is 0 Å². The maximum Gasteiger partial charge on any atom is 0.407 e. The number of alkyl halides is 1. The summed E-state index contributed by atoms with van der Waals surface area (Å²) in [6.07, 6.45) is 1.04. The number of hydrazone groups is 1. The van der Waals surface area contributed by atoms with Crippen LogP contribution in [0.15, 0.2) is 34.5 Å².